The lowest BCUT2D eigenvalue weighted by Gasteiger charge is -2.08. The van der Waals surface area contributed by atoms with Gasteiger partial charge in [-0.2, -0.15) is 0 Å². The van der Waals surface area contributed by atoms with Gasteiger partial charge in [0.1, 0.15) is 0 Å². The Morgan fingerprint density at radius 3 is 2.67 bits per heavy atom. The summed E-state index contributed by atoms with van der Waals surface area (Å²) in [6, 6.07) is 22.0. The molecule has 0 radical (unpaired) electrons. The molecule has 0 aliphatic rings. The van der Waals surface area contributed by atoms with E-state index in [1.54, 1.807) is 0 Å². The fraction of sp³-hybridized carbons (Fsp3) is 0.0526. The quantitative estimate of drug-likeness (QED) is 0.552. The van der Waals surface area contributed by atoms with Gasteiger partial charge in [0, 0.05) is 0 Å². The molecule has 0 spiro atoms. The zero-order valence-electron chi connectivity index (χ0n) is 12.8. The fourth-order valence-electron chi connectivity index (χ4n) is 2.71. The number of hydrogen-bond acceptors (Lipinski definition) is 4. The van der Waals surface area contributed by atoms with Crippen LogP contribution >= 0.6 is 11.3 Å². The Morgan fingerprint density at radius 1 is 0.958 bits per heavy atom. The molecule has 4 nitrogen and oxygen atoms in total. The Bertz CT molecular complexity index is 987. The number of hydrazine groups is 1. The molecule has 5 heteroatoms. The SMILES string of the molecule is O=C(Cc1cccc2ccccc12)NNc1nc2ccccc2s1. The molecule has 0 unspecified atom stereocenters. The van der Waals surface area contributed by atoms with Gasteiger partial charge in [0.05, 0.1) is 16.6 Å². The van der Waals surface area contributed by atoms with Crippen LogP contribution in [0.2, 0.25) is 0 Å². The number of para-hydroxylation sites is 1. The highest BCUT2D eigenvalue weighted by Gasteiger charge is 2.08. The average Bonchev–Trinajstić information content (AvgIpc) is 3.03. The maximum Gasteiger partial charge on any atom is 0.242 e. The highest BCUT2D eigenvalue weighted by molar-refractivity contribution is 7.22. The minimum atomic E-state index is -0.0920. The summed E-state index contributed by atoms with van der Waals surface area (Å²) in [5, 5.41) is 2.93. The first-order valence-corrected chi connectivity index (χ1v) is 8.48. The van der Waals surface area contributed by atoms with Crippen molar-refractivity contribution in [3.05, 3.63) is 72.3 Å². The average molecular weight is 333 g/mol. The van der Waals surface area contributed by atoms with Gasteiger partial charge in [0.15, 0.2) is 0 Å². The first-order valence-electron chi connectivity index (χ1n) is 7.67. The molecule has 0 aliphatic heterocycles. The third kappa shape index (κ3) is 2.94. The molecular formula is C19H15N3OS. The van der Waals surface area contributed by atoms with Crippen molar-refractivity contribution in [2.24, 2.45) is 0 Å². The van der Waals surface area contributed by atoms with Crippen LogP contribution in [0, 0.1) is 0 Å². The summed E-state index contributed by atoms with van der Waals surface area (Å²) in [6.45, 7) is 0. The summed E-state index contributed by atoms with van der Waals surface area (Å²) in [4.78, 5) is 16.7. The third-order valence-electron chi connectivity index (χ3n) is 3.83. The minimum absolute atomic E-state index is 0.0920. The molecule has 118 valence electrons. The van der Waals surface area contributed by atoms with Crippen LogP contribution in [0.4, 0.5) is 5.13 Å². The normalized spacial score (nSPS) is 10.8. The largest absolute Gasteiger partial charge is 0.273 e. The van der Waals surface area contributed by atoms with Crippen LogP contribution in [-0.2, 0) is 11.2 Å². The number of fused-ring (bicyclic) bond motifs is 2. The first-order chi connectivity index (χ1) is 11.8. The molecule has 1 aromatic heterocycles. The standard InChI is InChI=1S/C19H15N3OS/c23-18(12-14-8-5-7-13-6-1-2-9-15(13)14)21-22-19-20-16-10-3-4-11-17(16)24-19/h1-11H,12H2,(H,20,22)(H,21,23). The van der Waals surface area contributed by atoms with Crippen molar-refractivity contribution >= 4 is 43.4 Å². The van der Waals surface area contributed by atoms with Crippen molar-refractivity contribution in [2.45, 2.75) is 6.42 Å². The van der Waals surface area contributed by atoms with Crippen LogP contribution in [0.15, 0.2) is 66.7 Å². The number of nitrogens with zero attached hydrogens (tertiary/aromatic N) is 1. The van der Waals surface area contributed by atoms with Crippen molar-refractivity contribution in [1.29, 1.82) is 0 Å². The molecule has 2 N–H and O–H groups in total. The second-order valence-electron chi connectivity index (χ2n) is 5.47. The molecule has 0 aliphatic carbocycles. The van der Waals surface area contributed by atoms with E-state index >= 15 is 0 Å². The zero-order valence-corrected chi connectivity index (χ0v) is 13.6. The number of hydrogen-bond donors (Lipinski definition) is 2. The fourth-order valence-corrected chi connectivity index (χ4v) is 3.53. The number of benzene rings is 3. The smallest absolute Gasteiger partial charge is 0.242 e. The van der Waals surface area contributed by atoms with Gasteiger partial charge in [-0.25, -0.2) is 4.98 Å². The Kier molecular flexibility index (Phi) is 3.84. The van der Waals surface area contributed by atoms with Gasteiger partial charge in [0.2, 0.25) is 11.0 Å². The number of rotatable bonds is 4. The van der Waals surface area contributed by atoms with Crippen LogP contribution < -0.4 is 10.9 Å². The molecule has 1 heterocycles. The Hall–Kier alpha value is -2.92. The predicted molar refractivity (Wildman–Crippen MR) is 99.0 cm³/mol. The van der Waals surface area contributed by atoms with Crippen molar-refractivity contribution in [3.8, 4) is 0 Å². The van der Waals surface area contributed by atoms with Gasteiger partial charge in [0.25, 0.3) is 0 Å². The highest BCUT2D eigenvalue weighted by Crippen LogP contribution is 2.24. The van der Waals surface area contributed by atoms with E-state index < -0.39 is 0 Å². The lowest BCUT2D eigenvalue weighted by molar-refractivity contribution is -0.119. The third-order valence-corrected chi connectivity index (χ3v) is 4.79. The second kappa shape index (κ2) is 6.29. The monoisotopic (exact) mass is 333 g/mol. The molecule has 24 heavy (non-hydrogen) atoms. The summed E-state index contributed by atoms with van der Waals surface area (Å²) in [7, 11) is 0. The second-order valence-corrected chi connectivity index (χ2v) is 6.51. The summed E-state index contributed by atoms with van der Waals surface area (Å²) >= 11 is 1.51. The van der Waals surface area contributed by atoms with E-state index in [9.17, 15) is 4.79 Å². The van der Waals surface area contributed by atoms with Crippen LogP contribution in [0.1, 0.15) is 5.56 Å². The lowest BCUT2D eigenvalue weighted by atomic mass is 10.0. The minimum Gasteiger partial charge on any atom is -0.273 e. The highest BCUT2D eigenvalue weighted by atomic mass is 32.1. The molecule has 4 rings (SSSR count). The maximum absolute atomic E-state index is 12.2. The van der Waals surface area contributed by atoms with Gasteiger partial charge in [-0.05, 0) is 28.5 Å². The number of carbonyl (C=O) groups excluding carboxylic acids is 1. The molecule has 0 atom stereocenters. The van der Waals surface area contributed by atoms with Gasteiger partial charge < -0.3 is 0 Å². The zero-order chi connectivity index (χ0) is 16.4. The van der Waals surface area contributed by atoms with Crippen LogP contribution in [0.3, 0.4) is 0 Å². The van der Waals surface area contributed by atoms with Gasteiger partial charge in [-0.1, -0.05) is 65.9 Å². The first kappa shape index (κ1) is 14.7. The molecule has 0 saturated heterocycles. The van der Waals surface area contributed by atoms with Crippen molar-refractivity contribution in [1.82, 2.24) is 10.4 Å². The molecule has 1 amide bonds. The Morgan fingerprint density at radius 2 is 1.75 bits per heavy atom. The number of carbonyl (C=O) groups is 1. The lowest BCUT2D eigenvalue weighted by Crippen LogP contribution is -2.30. The maximum atomic E-state index is 12.2. The number of amides is 1. The predicted octanol–water partition coefficient (Wildman–Crippen LogP) is 4.14. The molecule has 0 fully saturated rings. The Labute approximate surface area is 143 Å². The van der Waals surface area contributed by atoms with Crippen LogP contribution in [-0.4, -0.2) is 10.9 Å². The van der Waals surface area contributed by atoms with E-state index in [2.05, 4.69) is 28.0 Å². The summed E-state index contributed by atoms with van der Waals surface area (Å²) in [6.07, 6.45) is 0.319. The van der Waals surface area contributed by atoms with Crippen molar-refractivity contribution in [3.63, 3.8) is 0 Å². The van der Waals surface area contributed by atoms with E-state index in [1.807, 2.05) is 54.6 Å². The number of anilines is 1. The van der Waals surface area contributed by atoms with E-state index in [-0.39, 0.29) is 5.91 Å². The number of aromatic nitrogens is 1. The van der Waals surface area contributed by atoms with Crippen LogP contribution in [0.25, 0.3) is 21.0 Å². The molecule has 0 saturated carbocycles. The van der Waals surface area contributed by atoms with Gasteiger partial charge in [-0.15, -0.1) is 0 Å². The van der Waals surface area contributed by atoms with E-state index in [0.717, 1.165) is 26.6 Å². The van der Waals surface area contributed by atoms with E-state index in [4.69, 9.17) is 0 Å². The Balaban J connectivity index is 1.46. The molecule has 0 bridgehead atoms. The van der Waals surface area contributed by atoms with Gasteiger partial charge >= 0.3 is 0 Å². The number of thiazole rings is 1. The van der Waals surface area contributed by atoms with Crippen LogP contribution in [0.5, 0.6) is 0 Å². The molecule has 4 aromatic rings. The summed E-state index contributed by atoms with van der Waals surface area (Å²) in [5.41, 5.74) is 7.58. The topological polar surface area (TPSA) is 54.0 Å². The summed E-state index contributed by atoms with van der Waals surface area (Å²) in [5.74, 6) is -0.0920. The molecular weight excluding hydrogens is 318 g/mol. The van der Waals surface area contributed by atoms with E-state index in [0.29, 0.717) is 11.6 Å². The number of nitrogens with one attached hydrogen (secondary N) is 2. The van der Waals surface area contributed by atoms with Gasteiger partial charge in [-0.3, -0.25) is 15.6 Å². The van der Waals surface area contributed by atoms with Crippen molar-refractivity contribution in [2.75, 3.05) is 5.43 Å². The molecule has 3 aromatic carbocycles. The summed E-state index contributed by atoms with van der Waals surface area (Å²) < 4.78 is 1.09. The van der Waals surface area contributed by atoms with Crippen molar-refractivity contribution < 1.29 is 4.79 Å². The van der Waals surface area contributed by atoms with E-state index in [1.165, 1.54) is 11.3 Å².